The second-order valence-electron chi connectivity index (χ2n) is 5.48. The summed E-state index contributed by atoms with van der Waals surface area (Å²) in [5.74, 6) is -0.548. The first-order valence-electron chi connectivity index (χ1n) is 7.29. The van der Waals surface area contributed by atoms with Crippen molar-refractivity contribution in [3.8, 4) is 5.75 Å². The van der Waals surface area contributed by atoms with Crippen molar-refractivity contribution >= 4 is 20.0 Å². The number of alkyl halides is 3. The number of ether oxygens (including phenoxy) is 1. The van der Waals surface area contributed by atoms with Crippen molar-refractivity contribution in [1.29, 1.82) is 0 Å². The second-order valence-corrected chi connectivity index (χ2v) is 8.75. The predicted octanol–water partition coefficient (Wildman–Crippen LogP) is 2.27. The predicted molar refractivity (Wildman–Crippen MR) is 89.7 cm³/mol. The number of nitrogens with one attached hydrogen (secondary N) is 1. The van der Waals surface area contributed by atoms with Gasteiger partial charge in [0.15, 0.2) is 0 Å². The molecule has 12 heteroatoms. The van der Waals surface area contributed by atoms with E-state index in [4.69, 9.17) is 5.14 Å². The van der Waals surface area contributed by atoms with Gasteiger partial charge in [-0.15, -0.1) is 13.2 Å². The van der Waals surface area contributed by atoms with Gasteiger partial charge in [-0.2, -0.15) is 0 Å². The third-order valence-corrected chi connectivity index (χ3v) is 5.89. The second kappa shape index (κ2) is 7.46. The molecule has 0 spiro atoms. The van der Waals surface area contributed by atoms with Crippen molar-refractivity contribution in [3.05, 3.63) is 54.1 Å². The number of halogens is 3. The molecule has 0 aliphatic carbocycles. The molecule has 7 nitrogen and oxygen atoms in total. The molecule has 27 heavy (non-hydrogen) atoms. The van der Waals surface area contributed by atoms with Crippen LogP contribution in [0.3, 0.4) is 0 Å². The van der Waals surface area contributed by atoms with Gasteiger partial charge in [0.1, 0.15) is 5.75 Å². The minimum absolute atomic E-state index is 0.124. The molecule has 0 amide bonds. The standard InChI is InChI=1S/C15H15F3N2O5S2/c1-10(11-2-6-13(7-3-11)26(19,21)22)20-27(23,24)14-8-4-12(5-9-14)25-15(16,17)18/h2-10,20H,1H3,(H2,19,21,22). The molecule has 0 saturated carbocycles. The molecule has 2 aromatic rings. The molecule has 0 aliphatic heterocycles. The van der Waals surface area contributed by atoms with E-state index in [0.717, 1.165) is 24.3 Å². The van der Waals surface area contributed by atoms with E-state index in [1.54, 1.807) is 0 Å². The highest BCUT2D eigenvalue weighted by Crippen LogP contribution is 2.25. The number of hydrogen-bond donors (Lipinski definition) is 2. The SMILES string of the molecule is CC(NS(=O)(=O)c1ccc(OC(F)(F)F)cc1)c1ccc(S(N)(=O)=O)cc1. The Hall–Kier alpha value is -2.15. The van der Waals surface area contributed by atoms with Gasteiger partial charge >= 0.3 is 6.36 Å². The lowest BCUT2D eigenvalue weighted by Gasteiger charge is -2.15. The van der Waals surface area contributed by atoms with Crippen molar-refractivity contribution in [1.82, 2.24) is 4.72 Å². The molecule has 2 rings (SSSR count). The van der Waals surface area contributed by atoms with Gasteiger partial charge < -0.3 is 4.74 Å². The molecule has 0 bridgehead atoms. The molecular weight excluding hydrogens is 409 g/mol. The van der Waals surface area contributed by atoms with Gasteiger partial charge in [-0.1, -0.05) is 12.1 Å². The van der Waals surface area contributed by atoms with Gasteiger partial charge in [0.2, 0.25) is 20.0 Å². The van der Waals surface area contributed by atoms with Crippen LogP contribution < -0.4 is 14.6 Å². The van der Waals surface area contributed by atoms with Crippen LogP contribution in [0.4, 0.5) is 13.2 Å². The van der Waals surface area contributed by atoms with Crippen LogP contribution in [-0.4, -0.2) is 23.2 Å². The third-order valence-electron chi connectivity index (χ3n) is 3.41. The lowest BCUT2D eigenvalue weighted by atomic mass is 10.1. The molecular formula is C15H15F3N2O5S2. The summed E-state index contributed by atoms with van der Waals surface area (Å²) in [4.78, 5) is -0.383. The summed E-state index contributed by atoms with van der Waals surface area (Å²) >= 11 is 0. The van der Waals surface area contributed by atoms with Gasteiger partial charge in [-0.05, 0) is 48.9 Å². The summed E-state index contributed by atoms with van der Waals surface area (Å²) in [6, 6.07) is 8.23. The van der Waals surface area contributed by atoms with Crippen LogP contribution in [0.1, 0.15) is 18.5 Å². The number of nitrogens with two attached hydrogens (primary N) is 1. The van der Waals surface area contributed by atoms with Crippen LogP contribution in [0.25, 0.3) is 0 Å². The van der Waals surface area contributed by atoms with Gasteiger partial charge in [0.25, 0.3) is 0 Å². The van der Waals surface area contributed by atoms with Crippen molar-refractivity contribution in [3.63, 3.8) is 0 Å². The summed E-state index contributed by atoms with van der Waals surface area (Å²) in [6.07, 6.45) is -4.88. The first-order valence-corrected chi connectivity index (χ1v) is 10.3. The molecule has 1 atom stereocenters. The lowest BCUT2D eigenvalue weighted by Crippen LogP contribution is -2.27. The smallest absolute Gasteiger partial charge is 0.406 e. The highest BCUT2D eigenvalue weighted by atomic mass is 32.2. The maximum atomic E-state index is 12.3. The van der Waals surface area contributed by atoms with E-state index < -0.39 is 38.2 Å². The van der Waals surface area contributed by atoms with Gasteiger partial charge in [-0.25, -0.2) is 26.7 Å². The molecule has 0 heterocycles. The zero-order valence-electron chi connectivity index (χ0n) is 13.8. The minimum atomic E-state index is -4.88. The molecule has 1 unspecified atom stereocenters. The van der Waals surface area contributed by atoms with Crippen LogP contribution in [0.5, 0.6) is 5.75 Å². The Labute approximate surface area is 154 Å². The van der Waals surface area contributed by atoms with Crippen LogP contribution >= 0.6 is 0 Å². The maximum absolute atomic E-state index is 12.3. The fourth-order valence-electron chi connectivity index (χ4n) is 2.14. The molecule has 0 fully saturated rings. The Morgan fingerprint density at radius 1 is 0.926 bits per heavy atom. The van der Waals surface area contributed by atoms with Crippen LogP contribution in [0, 0.1) is 0 Å². The molecule has 0 saturated heterocycles. The van der Waals surface area contributed by atoms with Gasteiger partial charge in [-0.3, -0.25) is 0 Å². The molecule has 3 N–H and O–H groups in total. The van der Waals surface area contributed by atoms with Gasteiger partial charge in [0.05, 0.1) is 9.79 Å². The van der Waals surface area contributed by atoms with Crippen molar-refractivity contribution < 1.29 is 34.7 Å². The number of sulfonamides is 2. The zero-order chi connectivity index (χ0) is 20.5. The van der Waals surface area contributed by atoms with Crippen molar-refractivity contribution in [2.75, 3.05) is 0 Å². The Bertz CT molecular complexity index is 1000. The Morgan fingerprint density at radius 2 is 1.41 bits per heavy atom. The average molecular weight is 424 g/mol. The summed E-state index contributed by atoms with van der Waals surface area (Å²) < 4.78 is 89.6. The van der Waals surface area contributed by atoms with E-state index in [1.165, 1.54) is 31.2 Å². The fraction of sp³-hybridized carbons (Fsp3) is 0.200. The van der Waals surface area contributed by atoms with E-state index in [2.05, 4.69) is 9.46 Å². The Morgan fingerprint density at radius 3 is 1.85 bits per heavy atom. The number of primary sulfonamides is 1. The number of benzene rings is 2. The fourth-order valence-corrected chi connectivity index (χ4v) is 3.88. The third kappa shape index (κ3) is 5.92. The monoisotopic (exact) mass is 424 g/mol. The lowest BCUT2D eigenvalue weighted by molar-refractivity contribution is -0.274. The zero-order valence-corrected chi connectivity index (χ0v) is 15.4. The Kier molecular flexibility index (Phi) is 5.85. The summed E-state index contributed by atoms with van der Waals surface area (Å²) in [7, 11) is -7.91. The molecule has 0 radical (unpaired) electrons. The molecule has 148 valence electrons. The Balaban J connectivity index is 2.15. The van der Waals surface area contributed by atoms with E-state index in [9.17, 15) is 30.0 Å². The van der Waals surface area contributed by atoms with E-state index in [0.29, 0.717) is 5.56 Å². The summed E-state index contributed by atoms with van der Waals surface area (Å²) in [5, 5.41) is 4.99. The van der Waals surface area contributed by atoms with Crippen LogP contribution in [0.15, 0.2) is 58.3 Å². The molecule has 0 aliphatic rings. The molecule has 2 aromatic carbocycles. The van der Waals surface area contributed by atoms with Crippen LogP contribution in [-0.2, 0) is 20.0 Å². The van der Waals surface area contributed by atoms with Gasteiger partial charge in [0, 0.05) is 6.04 Å². The van der Waals surface area contributed by atoms with E-state index in [1.807, 2.05) is 0 Å². The maximum Gasteiger partial charge on any atom is 0.573 e. The largest absolute Gasteiger partial charge is 0.573 e. The van der Waals surface area contributed by atoms with Crippen molar-refractivity contribution in [2.45, 2.75) is 29.1 Å². The summed E-state index contributed by atoms with van der Waals surface area (Å²) in [6.45, 7) is 1.52. The quantitative estimate of drug-likeness (QED) is 0.738. The van der Waals surface area contributed by atoms with E-state index >= 15 is 0 Å². The van der Waals surface area contributed by atoms with E-state index in [-0.39, 0.29) is 9.79 Å². The highest BCUT2D eigenvalue weighted by Gasteiger charge is 2.31. The topological polar surface area (TPSA) is 116 Å². The number of rotatable bonds is 6. The number of hydrogen-bond acceptors (Lipinski definition) is 5. The molecule has 0 aromatic heterocycles. The first-order chi connectivity index (χ1) is 12.3. The highest BCUT2D eigenvalue weighted by molar-refractivity contribution is 7.89. The van der Waals surface area contributed by atoms with Crippen molar-refractivity contribution in [2.24, 2.45) is 5.14 Å². The average Bonchev–Trinajstić information content (AvgIpc) is 2.52. The van der Waals surface area contributed by atoms with Crippen LogP contribution in [0.2, 0.25) is 0 Å². The first kappa shape index (κ1) is 21.2. The minimum Gasteiger partial charge on any atom is -0.406 e. The summed E-state index contributed by atoms with van der Waals surface area (Å²) in [5.41, 5.74) is 0.461. The normalized spacial score (nSPS) is 14.0.